The first-order chi connectivity index (χ1) is 8.33. The zero-order valence-corrected chi connectivity index (χ0v) is 10.1. The van der Waals surface area contributed by atoms with Crippen molar-refractivity contribution in [2.75, 3.05) is 0 Å². The summed E-state index contributed by atoms with van der Waals surface area (Å²) < 4.78 is 0. The van der Waals surface area contributed by atoms with Crippen LogP contribution in [0.3, 0.4) is 0 Å². The molecule has 0 atom stereocenters. The fourth-order valence-electron chi connectivity index (χ4n) is 2.50. The maximum Gasteiger partial charge on any atom is -0.0221 e. The lowest BCUT2D eigenvalue weighted by molar-refractivity contribution is 0.997. The molecule has 0 amide bonds. The Kier molecular flexibility index (Phi) is 2.56. The lowest BCUT2D eigenvalue weighted by Gasteiger charge is -2.17. The van der Waals surface area contributed by atoms with Crippen LogP contribution in [0.5, 0.6) is 0 Å². The van der Waals surface area contributed by atoms with E-state index in [0.29, 0.717) is 0 Å². The molecule has 0 aromatic heterocycles. The van der Waals surface area contributed by atoms with Crippen molar-refractivity contribution in [2.45, 2.75) is 19.8 Å². The van der Waals surface area contributed by atoms with Crippen molar-refractivity contribution >= 4 is 11.6 Å². The van der Waals surface area contributed by atoms with Gasteiger partial charge in [0.25, 0.3) is 0 Å². The first-order valence-corrected chi connectivity index (χ1v) is 6.18. The quantitative estimate of drug-likeness (QED) is 0.664. The van der Waals surface area contributed by atoms with Gasteiger partial charge in [0.05, 0.1) is 0 Å². The van der Waals surface area contributed by atoms with Crippen molar-refractivity contribution in [2.24, 2.45) is 0 Å². The van der Waals surface area contributed by atoms with Crippen molar-refractivity contribution in [3.05, 3.63) is 70.8 Å². The van der Waals surface area contributed by atoms with Gasteiger partial charge in [-0.1, -0.05) is 60.2 Å². The van der Waals surface area contributed by atoms with E-state index in [1.54, 1.807) is 0 Å². The molecular formula is C17H16. The van der Waals surface area contributed by atoms with Crippen LogP contribution in [0.1, 0.15) is 28.7 Å². The zero-order valence-electron chi connectivity index (χ0n) is 10.1. The third-order valence-electron chi connectivity index (χ3n) is 3.44. The maximum atomic E-state index is 2.34. The average molecular weight is 220 g/mol. The molecule has 1 aliphatic rings. The van der Waals surface area contributed by atoms with Crippen molar-refractivity contribution < 1.29 is 0 Å². The highest BCUT2D eigenvalue weighted by Crippen LogP contribution is 2.30. The van der Waals surface area contributed by atoms with Gasteiger partial charge in [-0.2, -0.15) is 0 Å². The van der Waals surface area contributed by atoms with E-state index in [0.717, 1.165) is 12.8 Å². The number of rotatable bonds is 1. The van der Waals surface area contributed by atoms with E-state index < -0.39 is 0 Å². The second-order valence-corrected chi connectivity index (χ2v) is 4.74. The van der Waals surface area contributed by atoms with Crippen molar-refractivity contribution in [3.8, 4) is 0 Å². The molecule has 0 saturated heterocycles. The molecule has 2 aromatic rings. The van der Waals surface area contributed by atoms with Crippen LogP contribution in [0.25, 0.3) is 11.6 Å². The molecule has 1 aliphatic carbocycles. The van der Waals surface area contributed by atoms with Crippen LogP contribution >= 0.6 is 0 Å². The van der Waals surface area contributed by atoms with Crippen LogP contribution in [0.15, 0.2) is 48.5 Å². The molecule has 17 heavy (non-hydrogen) atoms. The van der Waals surface area contributed by atoms with Gasteiger partial charge in [0.15, 0.2) is 0 Å². The first kappa shape index (κ1) is 10.3. The molecule has 0 unspecified atom stereocenters. The summed E-state index contributed by atoms with van der Waals surface area (Å²) in [4.78, 5) is 0. The molecule has 0 saturated carbocycles. The number of hydrogen-bond donors (Lipinski definition) is 0. The van der Waals surface area contributed by atoms with Gasteiger partial charge in [0.1, 0.15) is 0 Å². The third-order valence-corrected chi connectivity index (χ3v) is 3.44. The number of hydrogen-bond acceptors (Lipinski definition) is 0. The minimum absolute atomic E-state index is 1.15. The molecule has 3 rings (SSSR count). The topological polar surface area (TPSA) is 0 Å². The van der Waals surface area contributed by atoms with E-state index >= 15 is 0 Å². The predicted molar refractivity (Wildman–Crippen MR) is 73.8 cm³/mol. The van der Waals surface area contributed by atoms with Crippen LogP contribution in [-0.2, 0) is 6.42 Å². The van der Waals surface area contributed by atoms with Gasteiger partial charge in [-0.15, -0.1) is 0 Å². The molecule has 0 spiro atoms. The van der Waals surface area contributed by atoms with Crippen molar-refractivity contribution in [1.29, 1.82) is 0 Å². The summed E-state index contributed by atoms with van der Waals surface area (Å²) >= 11 is 0. The second-order valence-electron chi connectivity index (χ2n) is 4.74. The number of aryl methyl sites for hydroxylation is 2. The van der Waals surface area contributed by atoms with Crippen LogP contribution in [0.2, 0.25) is 0 Å². The number of fused-ring (bicyclic) bond motifs is 1. The smallest absolute Gasteiger partial charge is 0.0221 e. The molecule has 0 heterocycles. The van der Waals surface area contributed by atoms with Gasteiger partial charge in [-0.05, 0) is 42.0 Å². The van der Waals surface area contributed by atoms with Gasteiger partial charge in [0, 0.05) is 0 Å². The lowest BCUT2D eigenvalue weighted by atomic mass is 9.88. The Labute approximate surface area is 103 Å². The van der Waals surface area contributed by atoms with Crippen LogP contribution in [0.4, 0.5) is 0 Å². The molecule has 0 heteroatoms. The summed E-state index contributed by atoms with van der Waals surface area (Å²) in [5.41, 5.74) is 7.06. The van der Waals surface area contributed by atoms with Gasteiger partial charge in [-0.25, -0.2) is 0 Å². The Hall–Kier alpha value is -1.82. The molecule has 0 fully saturated rings. The second kappa shape index (κ2) is 4.21. The summed E-state index contributed by atoms with van der Waals surface area (Å²) in [7, 11) is 0. The molecule has 0 N–H and O–H groups in total. The normalized spacial score (nSPS) is 14.1. The Morgan fingerprint density at radius 3 is 2.53 bits per heavy atom. The highest BCUT2D eigenvalue weighted by atomic mass is 14.2. The molecule has 84 valence electrons. The summed E-state index contributed by atoms with van der Waals surface area (Å²) in [6.45, 7) is 2.16. The van der Waals surface area contributed by atoms with Gasteiger partial charge < -0.3 is 0 Å². The van der Waals surface area contributed by atoms with E-state index in [2.05, 4.69) is 61.5 Å². The molecular weight excluding hydrogens is 204 g/mol. The molecule has 0 radical (unpaired) electrons. The standard InChI is InChI=1S/C17H16/c1-13-7-8-17-12-16(10-9-15(17)11-13)14-5-3-2-4-6-14/h2-8,11-12H,9-10H2,1H3. The van der Waals surface area contributed by atoms with Gasteiger partial charge >= 0.3 is 0 Å². The lowest BCUT2D eigenvalue weighted by Crippen LogP contribution is -1.99. The van der Waals surface area contributed by atoms with Gasteiger partial charge in [0.2, 0.25) is 0 Å². The van der Waals surface area contributed by atoms with Crippen molar-refractivity contribution in [1.82, 2.24) is 0 Å². The van der Waals surface area contributed by atoms with Crippen molar-refractivity contribution in [3.63, 3.8) is 0 Å². The Morgan fingerprint density at radius 2 is 1.71 bits per heavy atom. The van der Waals surface area contributed by atoms with Crippen LogP contribution < -0.4 is 0 Å². The molecule has 0 aliphatic heterocycles. The number of benzene rings is 2. The Morgan fingerprint density at radius 1 is 0.882 bits per heavy atom. The summed E-state index contributed by atoms with van der Waals surface area (Å²) in [6.07, 6.45) is 4.66. The van der Waals surface area contributed by atoms with Crippen LogP contribution in [0, 0.1) is 6.92 Å². The van der Waals surface area contributed by atoms with E-state index in [-0.39, 0.29) is 0 Å². The first-order valence-electron chi connectivity index (χ1n) is 6.18. The zero-order chi connectivity index (χ0) is 11.7. The monoisotopic (exact) mass is 220 g/mol. The fraction of sp³-hybridized carbons (Fsp3) is 0.176. The van der Waals surface area contributed by atoms with Crippen LogP contribution in [-0.4, -0.2) is 0 Å². The summed E-state index contributed by atoms with van der Waals surface area (Å²) in [6, 6.07) is 17.4. The molecule has 0 bridgehead atoms. The Bertz CT molecular complexity index is 562. The van der Waals surface area contributed by atoms with E-state index in [9.17, 15) is 0 Å². The fourth-order valence-corrected chi connectivity index (χ4v) is 2.50. The SMILES string of the molecule is Cc1ccc2c(c1)CCC(c1ccccc1)=C2. The highest BCUT2D eigenvalue weighted by Gasteiger charge is 2.11. The molecule has 2 aromatic carbocycles. The van der Waals surface area contributed by atoms with E-state index in [4.69, 9.17) is 0 Å². The Balaban J connectivity index is 2.03. The highest BCUT2D eigenvalue weighted by molar-refractivity contribution is 5.84. The minimum atomic E-state index is 1.15. The minimum Gasteiger partial charge on any atom is -0.0622 e. The maximum absolute atomic E-state index is 2.34. The van der Waals surface area contributed by atoms with E-state index in [1.807, 2.05) is 0 Å². The van der Waals surface area contributed by atoms with E-state index in [1.165, 1.54) is 27.8 Å². The predicted octanol–water partition coefficient (Wildman–Crippen LogP) is 4.48. The third kappa shape index (κ3) is 2.03. The molecule has 0 nitrogen and oxygen atoms in total. The average Bonchev–Trinajstić information content (AvgIpc) is 2.39. The summed E-state index contributed by atoms with van der Waals surface area (Å²) in [5.74, 6) is 0. The summed E-state index contributed by atoms with van der Waals surface area (Å²) in [5, 5.41) is 0. The van der Waals surface area contributed by atoms with Gasteiger partial charge in [-0.3, -0.25) is 0 Å². The number of allylic oxidation sites excluding steroid dienone is 1. The largest absolute Gasteiger partial charge is 0.0622 e.